The molecule has 0 fully saturated rings. The maximum absolute atomic E-state index is 9.16. The molecule has 0 aliphatic carbocycles. The summed E-state index contributed by atoms with van der Waals surface area (Å²) >= 11 is 0. The first kappa shape index (κ1) is 13.9. The van der Waals surface area contributed by atoms with Gasteiger partial charge in [0.2, 0.25) is 0 Å². The highest BCUT2D eigenvalue weighted by Gasteiger charge is 2.10. The maximum Gasteiger partial charge on any atom is 0.0584 e. The maximum atomic E-state index is 9.16. The van der Waals surface area contributed by atoms with Crippen LogP contribution in [0.2, 0.25) is 0 Å². The minimum atomic E-state index is 0.261. The fourth-order valence-corrected chi connectivity index (χ4v) is 1.75. The van der Waals surface area contributed by atoms with Gasteiger partial charge < -0.3 is 10.4 Å². The Morgan fingerprint density at radius 3 is 2.29 bits per heavy atom. The van der Waals surface area contributed by atoms with Crippen LogP contribution < -0.4 is 5.32 Å². The smallest absolute Gasteiger partial charge is 0.0584 e. The summed E-state index contributed by atoms with van der Waals surface area (Å²) < 4.78 is 0. The molecule has 0 spiro atoms. The van der Waals surface area contributed by atoms with E-state index in [9.17, 15) is 0 Å². The third kappa shape index (κ3) is 7.34. The molecule has 0 aliphatic rings. The summed E-state index contributed by atoms with van der Waals surface area (Å²) in [5.41, 5.74) is 0. The largest absolute Gasteiger partial charge is 0.395 e. The fourth-order valence-electron chi connectivity index (χ4n) is 1.75. The zero-order valence-corrected chi connectivity index (χ0v) is 10.2. The average Bonchev–Trinajstić information content (AvgIpc) is 2.12. The lowest BCUT2D eigenvalue weighted by molar-refractivity contribution is 0.219. The number of nitrogens with one attached hydrogen (secondary N) is 1. The molecule has 2 nitrogen and oxygen atoms in total. The Morgan fingerprint density at radius 2 is 1.86 bits per heavy atom. The molecule has 86 valence electrons. The van der Waals surface area contributed by atoms with E-state index < -0.39 is 0 Å². The van der Waals surface area contributed by atoms with E-state index in [1.165, 1.54) is 12.8 Å². The predicted octanol–water partition coefficient (Wildman–Crippen LogP) is 2.42. The lowest BCUT2D eigenvalue weighted by atomic mass is 10.0. The Bertz CT molecular complexity index is 125. The van der Waals surface area contributed by atoms with Crippen molar-refractivity contribution < 1.29 is 5.11 Å². The van der Waals surface area contributed by atoms with Crippen LogP contribution in [0.3, 0.4) is 0 Å². The summed E-state index contributed by atoms with van der Waals surface area (Å²) in [6, 6.07) is 0.286. The van der Waals surface area contributed by atoms with Crippen molar-refractivity contribution in [3.05, 3.63) is 0 Å². The van der Waals surface area contributed by atoms with E-state index in [1.807, 2.05) is 0 Å². The van der Waals surface area contributed by atoms with Crippen LogP contribution in [-0.2, 0) is 0 Å². The molecule has 14 heavy (non-hydrogen) atoms. The first-order chi connectivity index (χ1) is 6.60. The zero-order chi connectivity index (χ0) is 11.0. The van der Waals surface area contributed by atoms with Crippen molar-refractivity contribution >= 4 is 0 Å². The van der Waals surface area contributed by atoms with Gasteiger partial charge in [0.1, 0.15) is 0 Å². The van der Waals surface area contributed by atoms with Crippen molar-refractivity contribution in [2.45, 2.75) is 53.0 Å². The monoisotopic (exact) mass is 201 g/mol. The van der Waals surface area contributed by atoms with Crippen molar-refractivity contribution in [2.75, 3.05) is 13.2 Å². The van der Waals surface area contributed by atoms with Crippen LogP contribution in [0.25, 0.3) is 0 Å². The highest BCUT2D eigenvalue weighted by Crippen LogP contribution is 2.07. The lowest BCUT2D eigenvalue weighted by Crippen LogP contribution is -2.36. The van der Waals surface area contributed by atoms with E-state index in [-0.39, 0.29) is 12.6 Å². The first-order valence-corrected chi connectivity index (χ1v) is 5.94. The van der Waals surface area contributed by atoms with Gasteiger partial charge in [-0.3, -0.25) is 0 Å². The molecule has 0 unspecified atom stereocenters. The molecule has 2 heteroatoms. The Morgan fingerprint density at radius 1 is 1.21 bits per heavy atom. The molecule has 2 N–H and O–H groups in total. The van der Waals surface area contributed by atoms with E-state index in [0.29, 0.717) is 5.92 Å². The van der Waals surface area contributed by atoms with Crippen LogP contribution in [0, 0.1) is 11.8 Å². The van der Waals surface area contributed by atoms with Crippen molar-refractivity contribution in [3.63, 3.8) is 0 Å². The summed E-state index contributed by atoms with van der Waals surface area (Å²) in [5.74, 6) is 1.38. The average molecular weight is 201 g/mol. The summed E-state index contributed by atoms with van der Waals surface area (Å²) in [7, 11) is 0. The molecule has 0 aliphatic heterocycles. The fraction of sp³-hybridized carbons (Fsp3) is 1.00. The minimum Gasteiger partial charge on any atom is -0.395 e. The van der Waals surface area contributed by atoms with Crippen LogP contribution in [0.1, 0.15) is 47.0 Å². The van der Waals surface area contributed by atoms with Gasteiger partial charge in [-0.15, -0.1) is 0 Å². The van der Waals surface area contributed by atoms with Crippen LogP contribution in [0.5, 0.6) is 0 Å². The molecule has 2 atom stereocenters. The standard InChI is InChI=1S/C12H27NO/c1-5-6-11(4)8-13-12(9-14)7-10(2)3/h10-14H,5-9H2,1-4H3/t11-,12-/m1/s1. The van der Waals surface area contributed by atoms with E-state index >= 15 is 0 Å². The second-order valence-electron chi connectivity index (χ2n) is 4.81. The van der Waals surface area contributed by atoms with Gasteiger partial charge in [-0.1, -0.05) is 34.1 Å². The van der Waals surface area contributed by atoms with Crippen molar-refractivity contribution in [1.82, 2.24) is 5.32 Å². The molecule has 0 saturated heterocycles. The quantitative estimate of drug-likeness (QED) is 0.632. The van der Waals surface area contributed by atoms with Gasteiger partial charge in [-0.25, -0.2) is 0 Å². The van der Waals surface area contributed by atoms with Gasteiger partial charge >= 0.3 is 0 Å². The molecular formula is C12H27NO. The SMILES string of the molecule is CCC[C@@H](C)CN[C@@H](CO)CC(C)C. The summed E-state index contributed by atoms with van der Waals surface area (Å²) in [6.45, 7) is 10.2. The summed E-state index contributed by atoms with van der Waals surface area (Å²) in [4.78, 5) is 0. The van der Waals surface area contributed by atoms with Gasteiger partial charge in [0.25, 0.3) is 0 Å². The van der Waals surface area contributed by atoms with Crippen LogP contribution in [0.15, 0.2) is 0 Å². The van der Waals surface area contributed by atoms with E-state index in [2.05, 4.69) is 33.0 Å². The normalized spacial score (nSPS) is 15.9. The number of hydrogen-bond donors (Lipinski definition) is 2. The second-order valence-corrected chi connectivity index (χ2v) is 4.81. The van der Waals surface area contributed by atoms with Crippen molar-refractivity contribution in [3.8, 4) is 0 Å². The molecular weight excluding hydrogens is 174 g/mol. The second kappa shape index (κ2) is 8.25. The van der Waals surface area contributed by atoms with Gasteiger partial charge in [0, 0.05) is 6.04 Å². The Balaban J connectivity index is 3.60. The van der Waals surface area contributed by atoms with Gasteiger partial charge in [-0.2, -0.15) is 0 Å². The van der Waals surface area contributed by atoms with Gasteiger partial charge in [0.05, 0.1) is 6.61 Å². The Kier molecular flexibility index (Phi) is 8.20. The highest BCUT2D eigenvalue weighted by molar-refractivity contribution is 4.68. The Labute approximate surface area is 89.1 Å². The molecule has 0 amide bonds. The number of rotatable bonds is 8. The first-order valence-electron chi connectivity index (χ1n) is 5.94. The van der Waals surface area contributed by atoms with Crippen molar-refractivity contribution in [1.29, 1.82) is 0 Å². The van der Waals surface area contributed by atoms with Crippen molar-refractivity contribution in [2.24, 2.45) is 11.8 Å². The topological polar surface area (TPSA) is 32.3 Å². The van der Waals surface area contributed by atoms with Crippen LogP contribution in [-0.4, -0.2) is 24.3 Å². The molecule has 0 bridgehead atoms. The summed E-state index contributed by atoms with van der Waals surface area (Å²) in [6.07, 6.45) is 3.58. The highest BCUT2D eigenvalue weighted by atomic mass is 16.3. The third-order valence-electron chi connectivity index (χ3n) is 2.51. The van der Waals surface area contributed by atoms with E-state index in [4.69, 9.17) is 5.11 Å². The number of aliphatic hydroxyl groups is 1. The van der Waals surface area contributed by atoms with E-state index in [1.54, 1.807) is 0 Å². The van der Waals surface area contributed by atoms with Gasteiger partial charge in [-0.05, 0) is 31.2 Å². The predicted molar refractivity (Wildman–Crippen MR) is 62.4 cm³/mol. The van der Waals surface area contributed by atoms with Crippen LogP contribution in [0.4, 0.5) is 0 Å². The minimum absolute atomic E-state index is 0.261. The molecule has 0 aromatic heterocycles. The van der Waals surface area contributed by atoms with E-state index in [0.717, 1.165) is 18.9 Å². The molecule has 0 aromatic carbocycles. The molecule has 0 saturated carbocycles. The zero-order valence-electron chi connectivity index (χ0n) is 10.2. The third-order valence-corrected chi connectivity index (χ3v) is 2.51. The number of aliphatic hydroxyl groups excluding tert-OH is 1. The van der Waals surface area contributed by atoms with Crippen LogP contribution >= 0.6 is 0 Å². The molecule has 0 rings (SSSR count). The number of hydrogen-bond acceptors (Lipinski definition) is 2. The molecule has 0 aromatic rings. The molecule has 0 heterocycles. The summed E-state index contributed by atoms with van der Waals surface area (Å²) in [5, 5.41) is 12.6. The molecule has 0 radical (unpaired) electrons. The Hall–Kier alpha value is -0.0800. The lowest BCUT2D eigenvalue weighted by Gasteiger charge is -2.20. The van der Waals surface area contributed by atoms with Gasteiger partial charge in [0.15, 0.2) is 0 Å².